The Hall–Kier alpha value is -3.17. The van der Waals surface area contributed by atoms with Crippen molar-refractivity contribution in [3.05, 3.63) is 83.9 Å². The van der Waals surface area contributed by atoms with Crippen LogP contribution in [0.5, 0.6) is 0 Å². The maximum Gasteiger partial charge on any atom is 0.333 e. The molecule has 0 aromatic heterocycles. The number of primary amides is 1. The molecule has 0 fully saturated rings. The summed E-state index contributed by atoms with van der Waals surface area (Å²) in [5.41, 5.74) is 6.20. The van der Waals surface area contributed by atoms with Gasteiger partial charge in [-0.05, 0) is 55.3 Å². The van der Waals surface area contributed by atoms with Crippen molar-refractivity contribution in [2.45, 2.75) is 28.5 Å². The number of sulfone groups is 1. The first-order chi connectivity index (χ1) is 14.1. The molecule has 0 aliphatic heterocycles. The van der Waals surface area contributed by atoms with Crippen molar-refractivity contribution < 1.29 is 21.6 Å². The molecule has 2 N–H and O–H groups in total. The smallest absolute Gasteiger partial charge is 0.333 e. The predicted octanol–water partition coefficient (Wildman–Crippen LogP) is 3.41. The van der Waals surface area contributed by atoms with Crippen LogP contribution in [0.3, 0.4) is 0 Å². The number of carbonyl (C=O) groups is 1. The van der Waals surface area contributed by atoms with Gasteiger partial charge in [-0.25, -0.2) is 21.6 Å². The summed E-state index contributed by atoms with van der Waals surface area (Å²) < 4.78 is 53.5. The SMILES string of the molecule is Cc1cccc(S(=O)(=O)c2ccccc2N(C(N)=O)S(=O)(=O)c2ccccc2C)c1. The van der Waals surface area contributed by atoms with Crippen molar-refractivity contribution in [1.29, 1.82) is 0 Å². The van der Waals surface area contributed by atoms with E-state index < -0.39 is 25.9 Å². The Labute approximate surface area is 175 Å². The minimum Gasteiger partial charge on any atom is -0.350 e. The van der Waals surface area contributed by atoms with Gasteiger partial charge in [0.05, 0.1) is 20.4 Å². The summed E-state index contributed by atoms with van der Waals surface area (Å²) in [7, 11) is -8.60. The molecule has 7 nitrogen and oxygen atoms in total. The number of sulfonamides is 1. The lowest BCUT2D eigenvalue weighted by Crippen LogP contribution is -2.41. The fraction of sp³-hybridized carbons (Fsp3) is 0.0952. The van der Waals surface area contributed by atoms with Gasteiger partial charge in [0.25, 0.3) is 10.0 Å². The molecule has 156 valence electrons. The van der Waals surface area contributed by atoms with Gasteiger partial charge in [0.2, 0.25) is 9.84 Å². The number of nitrogens with two attached hydrogens (primary N) is 1. The molecule has 0 radical (unpaired) electrons. The fourth-order valence-electron chi connectivity index (χ4n) is 3.07. The van der Waals surface area contributed by atoms with Gasteiger partial charge in [0.1, 0.15) is 0 Å². The molecule has 9 heteroatoms. The molecule has 0 aliphatic rings. The first-order valence-corrected chi connectivity index (χ1v) is 11.8. The van der Waals surface area contributed by atoms with E-state index in [0.717, 1.165) is 0 Å². The third-order valence-electron chi connectivity index (χ3n) is 4.49. The first-order valence-electron chi connectivity index (χ1n) is 8.88. The van der Waals surface area contributed by atoms with E-state index in [1.807, 2.05) is 0 Å². The molecule has 3 aromatic rings. The number of para-hydroxylation sites is 1. The standard InChI is InChI=1S/C21H20N2O5S2/c1-15-8-7-10-17(14-15)29(25,26)20-13-6-4-11-18(20)23(21(22)24)30(27,28)19-12-5-3-9-16(19)2/h3-14H,1-2H3,(H2,22,24). The zero-order chi connectivity index (χ0) is 22.1. The Balaban J connectivity index is 2.27. The van der Waals surface area contributed by atoms with Crippen molar-refractivity contribution in [3.8, 4) is 0 Å². The molecule has 3 rings (SSSR count). The van der Waals surface area contributed by atoms with E-state index in [1.165, 1.54) is 48.5 Å². The highest BCUT2D eigenvalue weighted by molar-refractivity contribution is 7.94. The van der Waals surface area contributed by atoms with Crippen LogP contribution in [0.2, 0.25) is 0 Å². The second-order valence-corrected chi connectivity index (χ2v) is 10.3. The van der Waals surface area contributed by atoms with Crippen LogP contribution in [0, 0.1) is 13.8 Å². The Bertz CT molecular complexity index is 1330. The molecular weight excluding hydrogens is 424 g/mol. The Morgan fingerprint density at radius 1 is 0.800 bits per heavy atom. The van der Waals surface area contributed by atoms with Crippen LogP contribution in [-0.4, -0.2) is 22.9 Å². The molecule has 0 unspecified atom stereocenters. The van der Waals surface area contributed by atoms with Crippen LogP contribution in [0.4, 0.5) is 10.5 Å². The number of benzene rings is 3. The Morgan fingerprint density at radius 2 is 1.40 bits per heavy atom. The van der Waals surface area contributed by atoms with E-state index in [0.29, 0.717) is 15.4 Å². The number of aryl methyl sites for hydroxylation is 2. The topological polar surface area (TPSA) is 115 Å². The van der Waals surface area contributed by atoms with Gasteiger partial charge in [-0.2, -0.15) is 4.31 Å². The van der Waals surface area contributed by atoms with E-state index in [4.69, 9.17) is 5.73 Å². The zero-order valence-electron chi connectivity index (χ0n) is 16.3. The van der Waals surface area contributed by atoms with Crippen LogP contribution in [-0.2, 0) is 19.9 Å². The molecule has 0 heterocycles. The third-order valence-corrected chi connectivity index (χ3v) is 8.16. The number of rotatable bonds is 5. The number of hydrogen-bond acceptors (Lipinski definition) is 5. The van der Waals surface area contributed by atoms with Crippen molar-refractivity contribution in [2.24, 2.45) is 5.73 Å². The molecule has 0 spiro atoms. The van der Waals surface area contributed by atoms with Gasteiger partial charge >= 0.3 is 6.03 Å². The second-order valence-electron chi connectivity index (χ2n) is 6.66. The zero-order valence-corrected chi connectivity index (χ0v) is 17.9. The number of urea groups is 1. The summed E-state index contributed by atoms with van der Waals surface area (Å²) in [5, 5.41) is 0. The van der Waals surface area contributed by atoms with Gasteiger partial charge in [0.15, 0.2) is 0 Å². The Kier molecular flexibility index (Phi) is 5.69. The van der Waals surface area contributed by atoms with Crippen molar-refractivity contribution >= 4 is 31.6 Å². The van der Waals surface area contributed by atoms with Crippen LogP contribution >= 0.6 is 0 Å². The quantitative estimate of drug-likeness (QED) is 0.648. The van der Waals surface area contributed by atoms with Gasteiger partial charge in [-0.3, -0.25) is 0 Å². The van der Waals surface area contributed by atoms with E-state index >= 15 is 0 Å². The summed E-state index contributed by atoms with van der Waals surface area (Å²) in [6.07, 6.45) is 0. The Morgan fingerprint density at radius 3 is 2.00 bits per heavy atom. The highest BCUT2D eigenvalue weighted by Gasteiger charge is 2.35. The summed E-state index contributed by atoms with van der Waals surface area (Å²) in [5.74, 6) is 0. The van der Waals surface area contributed by atoms with E-state index in [2.05, 4.69) is 0 Å². The lowest BCUT2D eigenvalue weighted by atomic mass is 10.2. The number of carbonyl (C=O) groups excluding carboxylic acids is 1. The molecule has 3 aromatic carbocycles. The monoisotopic (exact) mass is 444 g/mol. The van der Waals surface area contributed by atoms with Gasteiger partial charge in [-0.1, -0.05) is 42.5 Å². The number of anilines is 1. The van der Waals surface area contributed by atoms with Crippen molar-refractivity contribution in [2.75, 3.05) is 4.31 Å². The summed E-state index contributed by atoms with van der Waals surface area (Å²) in [4.78, 5) is 11.8. The van der Waals surface area contributed by atoms with Crippen LogP contribution < -0.4 is 10.0 Å². The minimum absolute atomic E-state index is 0.0207. The number of amides is 2. The minimum atomic E-state index is -4.46. The number of nitrogens with zero attached hydrogens (tertiary/aromatic N) is 1. The molecule has 2 amide bonds. The lowest BCUT2D eigenvalue weighted by molar-refractivity contribution is 0.257. The average molecular weight is 445 g/mol. The second kappa shape index (κ2) is 7.92. The molecular formula is C21H20N2O5S2. The predicted molar refractivity (Wildman–Crippen MR) is 114 cm³/mol. The van der Waals surface area contributed by atoms with Crippen LogP contribution in [0.25, 0.3) is 0 Å². The van der Waals surface area contributed by atoms with Crippen LogP contribution in [0.15, 0.2) is 87.5 Å². The van der Waals surface area contributed by atoms with E-state index in [9.17, 15) is 21.6 Å². The maximum absolute atomic E-state index is 13.3. The van der Waals surface area contributed by atoms with Gasteiger partial charge < -0.3 is 5.73 Å². The van der Waals surface area contributed by atoms with Crippen molar-refractivity contribution in [3.63, 3.8) is 0 Å². The van der Waals surface area contributed by atoms with Gasteiger partial charge in [-0.15, -0.1) is 0 Å². The molecule has 30 heavy (non-hydrogen) atoms. The maximum atomic E-state index is 13.3. The lowest BCUT2D eigenvalue weighted by Gasteiger charge is -2.23. The fourth-order valence-corrected chi connectivity index (χ4v) is 6.25. The largest absolute Gasteiger partial charge is 0.350 e. The normalized spacial score (nSPS) is 11.8. The third kappa shape index (κ3) is 3.81. The highest BCUT2D eigenvalue weighted by atomic mass is 32.2. The van der Waals surface area contributed by atoms with E-state index in [1.54, 1.807) is 38.1 Å². The van der Waals surface area contributed by atoms with Crippen molar-refractivity contribution in [1.82, 2.24) is 0 Å². The van der Waals surface area contributed by atoms with Crippen LogP contribution in [0.1, 0.15) is 11.1 Å². The highest BCUT2D eigenvalue weighted by Crippen LogP contribution is 2.34. The van der Waals surface area contributed by atoms with E-state index in [-0.39, 0.29) is 20.4 Å². The summed E-state index contributed by atoms with van der Waals surface area (Å²) in [6.45, 7) is 3.31. The summed E-state index contributed by atoms with van der Waals surface area (Å²) >= 11 is 0. The van der Waals surface area contributed by atoms with Gasteiger partial charge in [0, 0.05) is 0 Å². The molecule has 0 bridgehead atoms. The summed E-state index contributed by atoms with van der Waals surface area (Å²) in [6, 6.07) is 16.3. The molecule has 0 saturated heterocycles. The first kappa shape index (κ1) is 21.5. The average Bonchev–Trinajstić information content (AvgIpc) is 2.68. The molecule has 0 aliphatic carbocycles. The molecule has 0 saturated carbocycles. The number of hydrogen-bond donors (Lipinski definition) is 1. The molecule has 0 atom stereocenters.